The van der Waals surface area contributed by atoms with Gasteiger partial charge >= 0.3 is 5.69 Å². The molecule has 1 amide bonds. The number of benzene rings is 1. The average Bonchev–Trinajstić information content (AvgIpc) is 2.77. The van der Waals surface area contributed by atoms with Crippen molar-refractivity contribution in [3.63, 3.8) is 0 Å². The molecule has 1 unspecified atom stereocenters. The number of hydrogen-bond donors (Lipinski definition) is 1. The second-order valence-electron chi connectivity index (χ2n) is 4.23. The van der Waals surface area contributed by atoms with Gasteiger partial charge < -0.3 is 10.0 Å². The molecule has 1 N–H and O–H groups in total. The van der Waals surface area contributed by atoms with Gasteiger partial charge in [-0.25, -0.2) is 4.39 Å². The Morgan fingerprint density at radius 1 is 1.42 bits per heavy atom. The number of nitro groups is 1. The van der Waals surface area contributed by atoms with Crippen molar-refractivity contribution in [3.05, 3.63) is 39.4 Å². The van der Waals surface area contributed by atoms with E-state index in [1.807, 2.05) is 0 Å². The third-order valence-electron chi connectivity index (χ3n) is 2.91. The minimum atomic E-state index is -1.27. The fourth-order valence-electron chi connectivity index (χ4n) is 1.94. The number of halogens is 2. The standard InChI is InChI=1S/C11H10F2N2O4/c12-8-4-10(15(18)19)9(13)3-7(8)11(17)14-2-1-6(16)5-14/h3-4,6,16H,1-2,5H2. The molecule has 0 saturated carbocycles. The minimum absolute atomic E-state index is 0.0386. The lowest BCUT2D eigenvalue weighted by atomic mass is 10.1. The maximum absolute atomic E-state index is 13.6. The predicted octanol–water partition coefficient (Wildman–Crippen LogP) is 1.08. The monoisotopic (exact) mass is 272 g/mol. The van der Waals surface area contributed by atoms with E-state index in [1.54, 1.807) is 0 Å². The van der Waals surface area contributed by atoms with Crippen molar-refractivity contribution in [3.8, 4) is 0 Å². The maximum Gasteiger partial charge on any atom is 0.307 e. The summed E-state index contributed by atoms with van der Waals surface area (Å²) in [4.78, 5) is 22.4. The molecule has 0 radical (unpaired) electrons. The van der Waals surface area contributed by atoms with Crippen molar-refractivity contribution in [1.82, 2.24) is 4.90 Å². The van der Waals surface area contributed by atoms with E-state index in [-0.39, 0.29) is 13.1 Å². The normalized spacial score (nSPS) is 18.7. The van der Waals surface area contributed by atoms with Gasteiger partial charge in [-0.2, -0.15) is 4.39 Å². The van der Waals surface area contributed by atoms with Crippen LogP contribution in [0.4, 0.5) is 14.5 Å². The Kier molecular flexibility index (Phi) is 3.43. The molecule has 1 aliphatic heterocycles. The number of rotatable bonds is 2. The van der Waals surface area contributed by atoms with E-state index in [0.717, 1.165) is 0 Å². The SMILES string of the molecule is O=C(c1cc(F)c([N+](=O)[O-])cc1F)N1CCC(O)C1. The van der Waals surface area contributed by atoms with Crippen LogP contribution in [0.2, 0.25) is 0 Å². The van der Waals surface area contributed by atoms with E-state index < -0.39 is 39.8 Å². The predicted molar refractivity (Wildman–Crippen MR) is 59.5 cm³/mol. The van der Waals surface area contributed by atoms with E-state index in [4.69, 9.17) is 0 Å². The molecule has 0 spiro atoms. The zero-order valence-electron chi connectivity index (χ0n) is 9.68. The van der Waals surface area contributed by atoms with Crippen LogP contribution >= 0.6 is 0 Å². The molecule has 1 atom stereocenters. The van der Waals surface area contributed by atoms with Gasteiger partial charge in [-0.15, -0.1) is 0 Å². The molecule has 1 aromatic rings. The zero-order chi connectivity index (χ0) is 14.2. The van der Waals surface area contributed by atoms with Crippen LogP contribution in [0.1, 0.15) is 16.8 Å². The van der Waals surface area contributed by atoms with Crippen LogP contribution < -0.4 is 0 Å². The highest BCUT2D eigenvalue weighted by Gasteiger charge is 2.29. The van der Waals surface area contributed by atoms with Gasteiger partial charge in [0.1, 0.15) is 5.82 Å². The Labute approximate surface area is 106 Å². The zero-order valence-corrected chi connectivity index (χ0v) is 9.68. The number of amides is 1. The molecule has 19 heavy (non-hydrogen) atoms. The van der Waals surface area contributed by atoms with Crippen molar-refractivity contribution in [2.45, 2.75) is 12.5 Å². The highest BCUT2D eigenvalue weighted by molar-refractivity contribution is 5.95. The summed E-state index contributed by atoms with van der Waals surface area (Å²) in [5.74, 6) is -3.21. The highest BCUT2D eigenvalue weighted by atomic mass is 19.1. The Morgan fingerprint density at radius 3 is 2.63 bits per heavy atom. The van der Waals surface area contributed by atoms with Crippen LogP contribution in [0, 0.1) is 21.7 Å². The Morgan fingerprint density at radius 2 is 2.11 bits per heavy atom. The molecular formula is C11H10F2N2O4. The van der Waals surface area contributed by atoms with Crippen LogP contribution in [0.3, 0.4) is 0 Å². The molecule has 0 bridgehead atoms. The number of hydrogen-bond acceptors (Lipinski definition) is 4. The molecule has 1 saturated heterocycles. The Hall–Kier alpha value is -2.09. The van der Waals surface area contributed by atoms with E-state index in [2.05, 4.69) is 0 Å². The molecule has 2 rings (SSSR count). The molecule has 1 fully saturated rings. The molecule has 8 heteroatoms. The van der Waals surface area contributed by atoms with Crippen LogP contribution in [0.25, 0.3) is 0 Å². The van der Waals surface area contributed by atoms with Crippen molar-refractivity contribution in [2.75, 3.05) is 13.1 Å². The molecular weight excluding hydrogens is 262 g/mol. The van der Waals surface area contributed by atoms with Gasteiger partial charge in [-0.3, -0.25) is 14.9 Å². The summed E-state index contributed by atoms with van der Waals surface area (Å²) < 4.78 is 27.0. The van der Waals surface area contributed by atoms with Gasteiger partial charge in [-0.05, 0) is 12.5 Å². The molecule has 102 valence electrons. The first-order valence-corrected chi connectivity index (χ1v) is 5.51. The number of carbonyl (C=O) groups is 1. The molecule has 1 aliphatic rings. The number of carbonyl (C=O) groups excluding carboxylic acids is 1. The second-order valence-corrected chi connectivity index (χ2v) is 4.23. The van der Waals surface area contributed by atoms with Crippen molar-refractivity contribution in [1.29, 1.82) is 0 Å². The number of aliphatic hydroxyl groups excluding tert-OH is 1. The lowest BCUT2D eigenvalue weighted by Gasteiger charge is -2.15. The van der Waals surface area contributed by atoms with E-state index >= 15 is 0 Å². The lowest BCUT2D eigenvalue weighted by molar-refractivity contribution is -0.387. The molecule has 0 aromatic heterocycles. The van der Waals surface area contributed by atoms with Crippen molar-refractivity contribution >= 4 is 11.6 Å². The van der Waals surface area contributed by atoms with Crippen molar-refractivity contribution in [2.24, 2.45) is 0 Å². The molecule has 1 aromatic carbocycles. The summed E-state index contributed by atoms with van der Waals surface area (Å²) in [6, 6.07) is 0.898. The first kappa shape index (κ1) is 13.3. The van der Waals surface area contributed by atoms with Crippen molar-refractivity contribution < 1.29 is 23.6 Å². The van der Waals surface area contributed by atoms with E-state index in [1.165, 1.54) is 4.90 Å². The quantitative estimate of drug-likeness (QED) is 0.645. The van der Waals surface area contributed by atoms with Gasteiger partial charge in [0.25, 0.3) is 5.91 Å². The largest absolute Gasteiger partial charge is 0.391 e. The van der Waals surface area contributed by atoms with Gasteiger partial charge in [0.2, 0.25) is 5.82 Å². The van der Waals surface area contributed by atoms with Gasteiger partial charge in [0.05, 0.1) is 22.7 Å². The second kappa shape index (κ2) is 4.88. The number of β-amino-alcohol motifs (C(OH)–C–C–N with tert-alkyl or cyclic N) is 1. The van der Waals surface area contributed by atoms with Crippen LogP contribution in [-0.4, -0.2) is 40.0 Å². The van der Waals surface area contributed by atoms with E-state index in [0.29, 0.717) is 18.6 Å². The fourth-order valence-corrected chi connectivity index (χ4v) is 1.94. The maximum atomic E-state index is 13.6. The van der Waals surface area contributed by atoms with Crippen LogP contribution in [-0.2, 0) is 0 Å². The molecule has 1 heterocycles. The minimum Gasteiger partial charge on any atom is -0.391 e. The van der Waals surface area contributed by atoms with E-state index in [9.17, 15) is 28.8 Å². The third-order valence-corrected chi connectivity index (χ3v) is 2.91. The lowest BCUT2D eigenvalue weighted by Crippen LogP contribution is -2.30. The summed E-state index contributed by atoms with van der Waals surface area (Å²) in [5.41, 5.74) is -1.59. The van der Waals surface area contributed by atoms with Gasteiger partial charge in [0, 0.05) is 13.1 Å². The number of nitrogens with zero attached hydrogens (tertiary/aromatic N) is 2. The summed E-state index contributed by atoms with van der Waals surface area (Å²) in [6.45, 7) is 0.273. The topological polar surface area (TPSA) is 83.7 Å². The number of nitro benzene ring substituents is 1. The number of likely N-dealkylation sites (tertiary alicyclic amines) is 1. The summed E-state index contributed by atoms with van der Waals surface area (Å²) in [7, 11) is 0. The first-order chi connectivity index (χ1) is 8.90. The van der Waals surface area contributed by atoms with Gasteiger partial charge in [0.15, 0.2) is 0 Å². The Balaban J connectivity index is 2.33. The average molecular weight is 272 g/mol. The number of aliphatic hydroxyl groups is 1. The summed E-state index contributed by atoms with van der Waals surface area (Å²) in [5, 5.41) is 19.7. The van der Waals surface area contributed by atoms with Crippen LogP contribution in [0.15, 0.2) is 12.1 Å². The highest BCUT2D eigenvalue weighted by Crippen LogP contribution is 2.23. The smallest absolute Gasteiger partial charge is 0.307 e. The van der Waals surface area contributed by atoms with Crippen LogP contribution in [0.5, 0.6) is 0 Å². The molecule has 0 aliphatic carbocycles. The summed E-state index contributed by atoms with van der Waals surface area (Å²) in [6.07, 6.45) is -0.321. The first-order valence-electron chi connectivity index (χ1n) is 5.51. The summed E-state index contributed by atoms with van der Waals surface area (Å²) >= 11 is 0. The third kappa shape index (κ3) is 2.53. The van der Waals surface area contributed by atoms with Gasteiger partial charge in [-0.1, -0.05) is 0 Å². The Bertz CT molecular complexity index is 550. The fraction of sp³-hybridized carbons (Fsp3) is 0.364. The molecule has 6 nitrogen and oxygen atoms in total.